The molecule has 12 nitrogen and oxygen atoms in total. The number of hydrogen-bond acceptors (Lipinski definition) is 9. The number of aliphatic hydroxyl groups is 1. The highest BCUT2D eigenvalue weighted by Crippen LogP contribution is 2.37. The lowest BCUT2D eigenvalue weighted by Gasteiger charge is -2.18. The largest absolute Gasteiger partial charge is 0.490 e. The monoisotopic (exact) mass is 480 g/mol. The molecule has 4 aromatic heterocycles. The topological polar surface area (TPSA) is 145 Å². The fourth-order valence-corrected chi connectivity index (χ4v) is 3.47. The van der Waals surface area contributed by atoms with E-state index in [0.29, 0.717) is 53.2 Å². The van der Waals surface area contributed by atoms with Gasteiger partial charge in [0.2, 0.25) is 5.88 Å². The van der Waals surface area contributed by atoms with Crippen LogP contribution in [0.4, 0.5) is 11.6 Å². The molecule has 0 aromatic carbocycles. The first kappa shape index (κ1) is 24.0. The lowest BCUT2D eigenvalue weighted by Crippen LogP contribution is -2.14. The minimum absolute atomic E-state index is 0.00606. The Labute approximate surface area is 201 Å². The second-order valence-electron chi connectivity index (χ2n) is 7.90. The van der Waals surface area contributed by atoms with Gasteiger partial charge in [0.15, 0.2) is 5.82 Å². The highest BCUT2D eigenvalue weighted by atomic mass is 16.5. The number of H-pyrrole nitrogens is 1. The average Bonchev–Trinajstić information content (AvgIpc) is 3.36. The van der Waals surface area contributed by atoms with Crippen LogP contribution in [0.15, 0.2) is 41.7 Å². The molecule has 0 aliphatic heterocycles. The number of pyridine rings is 1. The summed E-state index contributed by atoms with van der Waals surface area (Å²) in [6.07, 6.45) is 6.87. The van der Waals surface area contributed by atoms with Crippen LogP contribution < -0.4 is 20.3 Å². The Kier molecular flexibility index (Phi) is 7.11. The van der Waals surface area contributed by atoms with E-state index in [0.717, 1.165) is 5.56 Å². The lowest BCUT2D eigenvalue weighted by molar-refractivity contribution is 0.169. The molecule has 0 bridgehead atoms. The van der Waals surface area contributed by atoms with Crippen LogP contribution in [0.1, 0.15) is 20.3 Å². The second kappa shape index (κ2) is 10.4. The van der Waals surface area contributed by atoms with E-state index in [1.165, 1.54) is 4.68 Å². The molecule has 4 aromatic rings. The Morgan fingerprint density at radius 1 is 1.20 bits per heavy atom. The number of rotatable bonds is 10. The van der Waals surface area contributed by atoms with Gasteiger partial charge in [0.05, 0.1) is 18.3 Å². The Morgan fingerprint density at radius 2 is 2.03 bits per heavy atom. The van der Waals surface area contributed by atoms with Crippen molar-refractivity contribution in [1.29, 1.82) is 0 Å². The van der Waals surface area contributed by atoms with Crippen LogP contribution >= 0.6 is 0 Å². The molecule has 35 heavy (non-hydrogen) atoms. The van der Waals surface area contributed by atoms with Crippen molar-refractivity contribution in [2.24, 2.45) is 14.1 Å². The Balaban J connectivity index is 1.68. The molecular weight excluding hydrogens is 452 g/mol. The summed E-state index contributed by atoms with van der Waals surface area (Å²) in [5.41, 5.74) is 1.59. The zero-order valence-electron chi connectivity index (χ0n) is 20.0. The molecule has 0 saturated heterocycles. The molecule has 12 heteroatoms. The average molecular weight is 481 g/mol. The fraction of sp³-hybridized carbons (Fsp3) is 0.348. The molecule has 4 rings (SSSR count). The molecule has 0 aliphatic carbocycles. The quantitative estimate of drug-likeness (QED) is 0.311. The van der Waals surface area contributed by atoms with Crippen molar-refractivity contribution in [2.75, 3.05) is 18.5 Å². The number of aromatic nitrogens is 7. The standard InChI is InChI=1S/C23H28N8O4/c1-5-34-22-17(13-30(3)29-22)15-11-25-20(10-18(15)35-14(2)7-9-32)27-19-6-8-24-21(28-19)16-12-26-31(4)23(16)33/h6,8,10-14,26,32H,5,7,9H2,1-4H3,(H,24,25,27,28). The van der Waals surface area contributed by atoms with Gasteiger partial charge in [-0.05, 0) is 19.9 Å². The van der Waals surface area contributed by atoms with Gasteiger partial charge in [-0.3, -0.25) is 14.2 Å². The molecule has 1 atom stereocenters. The lowest BCUT2D eigenvalue weighted by atomic mass is 10.1. The maximum Gasteiger partial charge on any atom is 0.277 e. The van der Waals surface area contributed by atoms with E-state index in [2.05, 4.69) is 30.5 Å². The van der Waals surface area contributed by atoms with Gasteiger partial charge in [0.25, 0.3) is 5.56 Å². The third kappa shape index (κ3) is 5.32. The molecule has 184 valence electrons. The molecule has 1 unspecified atom stereocenters. The molecule has 0 saturated carbocycles. The van der Waals surface area contributed by atoms with E-state index in [9.17, 15) is 9.90 Å². The summed E-state index contributed by atoms with van der Waals surface area (Å²) >= 11 is 0. The summed E-state index contributed by atoms with van der Waals surface area (Å²) in [4.78, 5) is 25.5. The fourth-order valence-electron chi connectivity index (χ4n) is 3.47. The van der Waals surface area contributed by atoms with Crippen molar-refractivity contribution in [3.63, 3.8) is 0 Å². The summed E-state index contributed by atoms with van der Waals surface area (Å²) < 4.78 is 14.9. The van der Waals surface area contributed by atoms with Gasteiger partial charge in [-0.25, -0.2) is 15.0 Å². The number of anilines is 2. The van der Waals surface area contributed by atoms with E-state index < -0.39 is 0 Å². The Hall–Kier alpha value is -4.19. The predicted molar refractivity (Wildman–Crippen MR) is 130 cm³/mol. The third-order valence-electron chi connectivity index (χ3n) is 5.19. The minimum atomic E-state index is -0.239. The number of hydrogen-bond donors (Lipinski definition) is 3. The van der Waals surface area contributed by atoms with Gasteiger partial charge in [-0.2, -0.15) is 0 Å². The third-order valence-corrected chi connectivity index (χ3v) is 5.19. The maximum atomic E-state index is 12.3. The van der Waals surface area contributed by atoms with Crippen LogP contribution in [-0.4, -0.2) is 58.9 Å². The first-order valence-electron chi connectivity index (χ1n) is 11.2. The van der Waals surface area contributed by atoms with Gasteiger partial charge in [0.1, 0.15) is 22.9 Å². The molecule has 3 N–H and O–H groups in total. The molecule has 0 aliphatic rings. The summed E-state index contributed by atoms with van der Waals surface area (Å²) in [5.74, 6) is 2.26. The second-order valence-corrected chi connectivity index (χ2v) is 7.90. The zero-order valence-corrected chi connectivity index (χ0v) is 20.0. The minimum Gasteiger partial charge on any atom is -0.490 e. The van der Waals surface area contributed by atoms with E-state index >= 15 is 0 Å². The predicted octanol–water partition coefficient (Wildman–Crippen LogP) is 2.26. The summed E-state index contributed by atoms with van der Waals surface area (Å²) in [7, 11) is 3.44. The molecule has 0 radical (unpaired) electrons. The van der Waals surface area contributed by atoms with Crippen molar-refractivity contribution in [3.8, 4) is 34.1 Å². The van der Waals surface area contributed by atoms with Crippen LogP contribution in [0, 0.1) is 0 Å². The summed E-state index contributed by atoms with van der Waals surface area (Å²) in [5, 5.41) is 19.7. The van der Waals surface area contributed by atoms with Crippen molar-refractivity contribution >= 4 is 11.6 Å². The van der Waals surface area contributed by atoms with Crippen molar-refractivity contribution in [1.82, 2.24) is 34.5 Å². The number of ether oxygens (including phenoxy) is 2. The van der Waals surface area contributed by atoms with E-state index in [1.54, 1.807) is 42.5 Å². The highest BCUT2D eigenvalue weighted by Gasteiger charge is 2.19. The van der Waals surface area contributed by atoms with Crippen molar-refractivity contribution < 1.29 is 14.6 Å². The van der Waals surface area contributed by atoms with E-state index in [4.69, 9.17) is 9.47 Å². The number of nitrogens with zero attached hydrogens (tertiary/aromatic N) is 6. The highest BCUT2D eigenvalue weighted by molar-refractivity contribution is 5.75. The first-order valence-corrected chi connectivity index (χ1v) is 11.2. The maximum absolute atomic E-state index is 12.3. The number of nitrogens with one attached hydrogen (secondary N) is 2. The normalized spacial score (nSPS) is 11.9. The van der Waals surface area contributed by atoms with Crippen LogP contribution in [0.5, 0.6) is 11.6 Å². The van der Waals surface area contributed by atoms with Crippen LogP contribution in [-0.2, 0) is 14.1 Å². The number of aliphatic hydroxyl groups excluding tert-OH is 1. The van der Waals surface area contributed by atoms with Gasteiger partial charge < -0.3 is 25.0 Å². The summed E-state index contributed by atoms with van der Waals surface area (Å²) in [6.45, 7) is 4.25. The van der Waals surface area contributed by atoms with Crippen LogP contribution in [0.25, 0.3) is 22.5 Å². The van der Waals surface area contributed by atoms with Crippen LogP contribution in [0.3, 0.4) is 0 Å². The molecule has 0 amide bonds. The van der Waals surface area contributed by atoms with Crippen molar-refractivity contribution in [2.45, 2.75) is 26.4 Å². The van der Waals surface area contributed by atoms with Gasteiger partial charge in [-0.15, -0.1) is 5.10 Å². The molecule has 0 fully saturated rings. The smallest absolute Gasteiger partial charge is 0.277 e. The van der Waals surface area contributed by atoms with Gasteiger partial charge in [-0.1, -0.05) is 0 Å². The van der Waals surface area contributed by atoms with E-state index in [1.807, 2.05) is 27.1 Å². The SMILES string of the molecule is CCOc1nn(C)cc1-c1cnc(Nc2ccnc(-c3c[nH]n(C)c3=O)n2)cc1OC(C)CCO. The number of aryl methyl sites for hydroxylation is 2. The zero-order chi connectivity index (χ0) is 24.9. The summed E-state index contributed by atoms with van der Waals surface area (Å²) in [6, 6.07) is 3.43. The van der Waals surface area contributed by atoms with Gasteiger partial charge in [0, 0.05) is 63.5 Å². The Bertz CT molecular complexity index is 1360. The Morgan fingerprint density at radius 3 is 2.74 bits per heavy atom. The first-order chi connectivity index (χ1) is 16.9. The van der Waals surface area contributed by atoms with Crippen LogP contribution in [0.2, 0.25) is 0 Å². The molecular formula is C23H28N8O4. The van der Waals surface area contributed by atoms with Gasteiger partial charge >= 0.3 is 0 Å². The van der Waals surface area contributed by atoms with Crippen molar-refractivity contribution in [3.05, 3.63) is 47.3 Å². The molecule has 4 heterocycles. The van der Waals surface area contributed by atoms with E-state index in [-0.39, 0.29) is 18.3 Å². The molecule has 0 spiro atoms. The number of aromatic amines is 1.